The Morgan fingerprint density at radius 1 is 1.00 bits per heavy atom. The Labute approximate surface area is 212 Å². The Bertz CT molecular complexity index is 1400. The van der Waals surface area contributed by atoms with Gasteiger partial charge in [-0.2, -0.15) is 5.26 Å². The summed E-state index contributed by atoms with van der Waals surface area (Å²) in [7, 11) is 0. The summed E-state index contributed by atoms with van der Waals surface area (Å²) in [6, 6.07) is 31.5. The number of hydrogen-bond acceptors (Lipinski definition) is 3. The number of aryl methyl sites for hydroxylation is 1. The third-order valence-electron chi connectivity index (χ3n) is 6.13. The molecular weight excluding hydrogens is 446 g/mol. The number of amides is 1. The molecule has 1 heterocycles. The molecule has 0 saturated carbocycles. The first-order valence-electron chi connectivity index (χ1n) is 11.9. The molecule has 1 amide bonds. The number of ether oxygens (including phenoxy) is 1. The lowest BCUT2D eigenvalue weighted by molar-refractivity contribution is -0.117. The Morgan fingerprint density at radius 3 is 2.28 bits per heavy atom. The number of hydrogen-bond donors (Lipinski definition) is 1. The molecule has 3 aromatic carbocycles. The molecule has 5 nitrogen and oxygen atoms in total. The van der Waals surface area contributed by atoms with Crippen LogP contribution in [0.1, 0.15) is 41.0 Å². The van der Waals surface area contributed by atoms with Crippen molar-refractivity contribution in [2.45, 2.75) is 33.4 Å². The van der Waals surface area contributed by atoms with E-state index in [1.54, 1.807) is 6.08 Å². The minimum absolute atomic E-state index is 0.0719. The third kappa shape index (κ3) is 5.73. The minimum Gasteiger partial charge on any atom is -0.489 e. The van der Waals surface area contributed by atoms with Gasteiger partial charge in [0.2, 0.25) is 0 Å². The fourth-order valence-electron chi connectivity index (χ4n) is 4.17. The molecule has 0 fully saturated rings. The first-order valence-corrected chi connectivity index (χ1v) is 11.9. The van der Waals surface area contributed by atoms with Gasteiger partial charge in [-0.05, 0) is 73.9 Å². The van der Waals surface area contributed by atoms with Gasteiger partial charge < -0.3 is 14.6 Å². The highest BCUT2D eigenvalue weighted by Crippen LogP contribution is 2.25. The minimum atomic E-state index is -0.390. The summed E-state index contributed by atoms with van der Waals surface area (Å²) < 4.78 is 8.01. The molecule has 0 aliphatic carbocycles. The first kappa shape index (κ1) is 24.6. The van der Waals surface area contributed by atoms with Gasteiger partial charge in [0, 0.05) is 17.1 Å². The van der Waals surface area contributed by atoms with Crippen molar-refractivity contribution in [3.8, 4) is 17.5 Å². The number of aromatic nitrogens is 1. The van der Waals surface area contributed by atoms with E-state index < -0.39 is 5.91 Å². The van der Waals surface area contributed by atoms with E-state index >= 15 is 0 Å². The molecule has 4 rings (SSSR count). The van der Waals surface area contributed by atoms with Crippen LogP contribution in [-0.4, -0.2) is 10.5 Å². The zero-order valence-electron chi connectivity index (χ0n) is 20.7. The third-order valence-corrected chi connectivity index (χ3v) is 6.13. The molecule has 0 saturated heterocycles. The monoisotopic (exact) mass is 475 g/mol. The highest BCUT2D eigenvalue weighted by molar-refractivity contribution is 6.02. The zero-order valence-corrected chi connectivity index (χ0v) is 20.7. The lowest BCUT2D eigenvalue weighted by Crippen LogP contribution is -2.27. The summed E-state index contributed by atoms with van der Waals surface area (Å²) in [6.45, 7) is 6.41. The number of carbonyl (C=O) groups is 1. The Hall–Kier alpha value is -4.56. The number of nitrogens with one attached hydrogen (secondary N) is 1. The molecule has 0 aliphatic heterocycles. The average Bonchev–Trinajstić information content (AvgIpc) is 3.19. The molecule has 5 heteroatoms. The molecule has 36 heavy (non-hydrogen) atoms. The Balaban J connectivity index is 1.50. The van der Waals surface area contributed by atoms with Crippen LogP contribution in [0.5, 0.6) is 5.75 Å². The van der Waals surface area contributed by atoms with Crippen LogP contribution in [0, 0.1) is 25.2 Å². The molecule has 1 atom stereocenters. The number of nitriles is 1. The second-order valence-electron chi connectivity index (χ2n) is 8.71. The van der Waals surface area contributed by atoms with Gasteiger partial charge in [-0.1, -0.05) is 60.7 Å². The van der Waals surface area contributed by atoms with Crippen LogP contribution in [-0.2, 0) is 11.4 Å². The molecule has 0 spiro atoms. The van der Waals surface area contributed by atoms with E-state index in [9.17, 15) is 10.1 Å². The normalized spacial score (nSPS) is 12.0. The molecule has 0 bridgehead atoms. The van der Waals surface area contributed by atoms with Gasteiger partial charge in [-0.3, -0.25) is 4.79 Å². The van der Waals surface area contributed by atoms with Gasteiger partial charge in [0.1, 0.15) is 24.0 Å². The van der Waals surface area contributed by atoms with Crippen LogP contribution in [0.4, 0.5) is 0 Å². The smallest absolute Gasteiger partial charge is 0.262 e. The van der Waals surface area contributed by atoms with Gasteiger partial charge in [-0.15, -0.1) is 0 Å². The molecule has 1 N–H and O–H groups in total. The molecule has 1 aromatic heterocycles. The topological polar surface area (TPSA) is 67.0 Å². The summed E-state index contributed by atoms with van der Waals surface area (Å²) in [5.41, 5.74) is 5.94. The molecule has 0 aliphatic rings. The summed E-state index contributed by atoms with van der Waals surface area (Å²) in [4.78, 5) is 12.8. The van der Waals surface area contributed by atoms with Crippen molar-refractivity contribution in [1.29, 1.82) is 5.26 Å². The highest BCUT2D eigenvalue weighted by Gasteiger charge is 2.16. The molecule has 0 radical (unpaired) electrons. The number of benzene rings is 3. The first-order chi connectivity index (χ1) is 17.5. The standard InChI is InChI=1S/C31H29N3O2/c1-22-18-27(19-28(20-32)31(35)33-23(2)26-12-8-5-9-13-26)24(3)34(22)29-14-16-30(17-15-29)36-21-25-10-6-4-7-11-25/h4-19,23H,21H2,1-3H3,(H,33,35)/b28-19-/t23-/m0/s1. The maximum Gasteiger partial charge on any atom is 0.262 e. The predicted octanol–water partition coefficient (Wildman–Crippen LogP) is 6.46. The Morgan fingerprint density at radius 2 is 1.64 bits per heavy atom. The van der Waals surface area contributed by atoms with Crippen molar-refractivity contribution in [2.75, 3.05) is 0 Å². The number of carbonyl (C=O) groups excluding carboxylic acids is 1. The van der Waals surface area contributed by atoms with Gasteiger partial charge in [-0.25, -0.2) is 0 Å². The van der Waals surface area contributed by atoms with Gasteiger partial charge in [0.25, 0.3) is 5.91 Å². The highest BCUT2D eigenvalue weighted by atomic mass is 16.5. The van der Waals surface area contributed by atoms with Gasteiger partial charge in [0.05, 0.1) is 6.04 Å². The molecule has 4 aromatic rings. The molecule has 180 valence electrons. The summed E-state index contributed by atoms with van der Waals surface area (Å²) in [5, 5.41) is 12.6. The lowest BCUT2D eigenvalue weighted by Gasteiger charge is -2.14. The van der Waals surface area contributed by atoms with E-state index in [0.717, 1.165) is 39.5 Å². The fourth-order valence-corrected chi connectivity index (χ4v) is 4.17. The number of rotatable bonds is 8. The largest absolute Gasteiger partial charge is 0.489 e. The van der Waals surface area contributed by atoms with Crippen molar-refractivity contribution in [1.82, 2.24) is 9.88 Å². The fraction of sp³-hybridized carbons (Fsp3) is 0.161. The van der Waals surface area contributed by atoms with Crippen molar-refractivity contribution in [3.63, 3.8) is 0 Å². The van der Waals surface area contributed by atoms with E-state index in [-0.39, 0.29) is 11.6 Å². The number of nitrogens with zero attached hydrogens (tertiary/aromatic N) is 2. The van der Waals surface area contributed by atoms with Crippen LogP contribution in [0.15, 0.2) is 96.6 Å². The second-order valence-corrected chi connectivity index (χ2v) is 8.71. The van der Waals surface area contributed by atoms with Crippen molar-refractivity contribution in [3.05, 3.63) is 125 Å². The maximum absolute atomic E-state index is 12.8. The average molecular weight is 476 g/mol. The lowest BCUT2D eigenvalue weighted by atomic mass is 10.1. The van der Waals surface area contributed by atoms with E-state index in [4.69, 9.17) is 4.74 Å². The van der Waals surface area contributed by atoms with Crippen LogP contribution < -0.4 is 10.1 Å². The SMILES string of the molecule is Cc1cc(/C=C(/C#N)C(=O)N[C@@H](C)c2ccccc2)c(C)n1-c1ccc(OCc2ccccc2)cc1. The maximum atomic E-state index is 12.8. The van der Waals surface area contributed by atoms with Gasteiger partial charge in [0.15, 0.2) is 0 Å². The van der Waals surface area contributed by atoms with Crippen LogP contribution >= 0.6 is 0 Å². The summed E-state index contributed by atoms with van der Waals surface area (Å²) >= 11 is 0. The van der Waals surface area contributed by atoms with E-state index in [0.29, 0.717) is 6.61 Å². The summed E-state index contributed by atoms with van der Waals surface area (Å²) in [6.07, 6.45) is 1.66. The molecule has 0 unspecified atom stereocenters. The van der Waals surface area contributed by atoms with Crippen molar-refractivity contribution >= 4 is 12.0 Å². The Kier molecular flexibility index (Phi) is 7.67. The van der Waals surface area contributed by atoms with E-state index in [1.165, 1.54) is 0 Å². The quantitative estimate of drug-likeness (QED) is 0.235. The van der Waals surface area contributed by atoms with E-state index in [2.05, 4.69) is 16.0 Å². The summed E-state index contributed by atoms with van der Waals surface area (Å²) in [5.74, 6) is 0.403. The van der Waals surface area contributed by atoms with Gasteiger partial charge >= 0.3 is 0 Å². The van der Waals surface area contributed by atoms with Crippen LogP contribution in [0.2, 0.25) is 0 Å². The van der Waals surface area contributed by atoms with Crippen molar-refractivity contribution < 1.29 is 9.53 Å². The predicted molar refractivity (Wildman–Crippen MR) is 143 cm³/mol. The second kappa shape index (κ2) is 11.2. The zero-order chi connectivity index (χ0) is 25.5. The van der Waals surface area contributed by atoms with Crippen LogP contribution in [0.3, 0.4) is 0 Å². The van der Waals surface area contributed by atoms with Crippen LogP contribution in [0.25, 0.3) is 11.8 Å². The van der Waals surface area contributed by atoms with E-state index in [1.807, 2.05) is 112 Å². The van der Waals surface area contributed by atoms with Crippen molar-refractivity contribution in [2.24, 2.45) is 0 Å². The molecular formula is C31H29N3O2.